The summed E-state index contributed by atoms with van der Waals surface area (Å²) in [5, 5.41) is 11.9. The van der Waals surface area contributed by atoms with E-state index in [1.807, 2.05) is 36.4 Å². The lowest BCUT2D eigenvalue weighted by molar-refractivity contribution is 0.415. The fourth-order valence-electron chi connectivity index (χ4n) is 5.06. The maximum absolute atomic E-state index is 5.42. The van der Waals surface area contributed by atoms with Crippen molar-refractivity contribution >= 4 is 67.4 Å². The predicted molar refractivity (Wildman–Crippen MR) is 165 cm³/mol. The average Bonchev–Trinajstić information content (AvgIpc) is 2.97. The lowest BCUT2D eigenvalue weighted by atomic mass is 10.1. The summed E-state index contributed by atoms with van der Waals surface area (Å²) in [7, 11) is 3.37. The van der Waals surface area contributed by atoms with Gasteiger partial charge in [-0.05, 0) is 49.2 Å². The van der Waals surface area contributed by atoms with Crippen LogP contribution in [-0.2, 0) is 0 Å². The van der Waals surface area contributed by atoms with Crippen LogP contribution in [0.5, 0.6) is 11.5 Å². The topological polar surface area (TPSA) is 68.3 Å². The standard InChI is InChI=1S/C32H30N4O2.ClH/c1-37-21-13-15-25-29(19-21)35-27-11-5-3-9-23(27)31(25)33-17-7-8-18-34-32-24-10-4-6-12-28(24)36-30-20-22(38-2)14-16-26(30)32;/h3-6,9-16,19-20H,7-8,17-18H2,1-2H3,(H,33,35)(H,34,36);1H. The van der Waals surface area contributed by atoms with Crippen LogP contribution in [0.3, 0.4) is 0 Å². The van der Waals surface area contributed by atoms with Crippen molar-refractivity contribution < 1.29 is 9.47 Å². The third-order valence-corrected chi connectivity index (χ3v) is 6.98. The van der Waals surface area contributed by atoms with Gasteiger partial charge in [-0.3, -0.25) is 0 Å². The first-order chi connectivity index (χ1) is 18.7. The van der Waals surface area contributed by atoms with Crippen molar-refractivity contribution in [1.82, 2.24) is 9.97 Å². The summed E-state index contributed by atoms with van der Waals surface area (Å²) in [4.78, 5) is 9.71. The first-order valence-corrected chi connectivity index (χ1v) is 13.0. The average molecular weight is 539 g/mol. The van der Waals surface area contributed by atoms with Crippen molar-refractivity contribution in [3.8, 4) is 11.5 Å². The number of halogens is 1. The quantitative estimate of drug-likeness (QED) is 0.144. The Morgan fingerprint density at radius 1 is 0.538 bits per heavy atom. The molecule has 0 unspecified atom stereocenters. The zero-order chi connectivity index (χ0) is 25.9. The van der Waals surface area contributed by atoms with E-state index < -0.39 is 0 Å². The number of para-hydroxylation sites is 2. The van der Waals surface area contributed by atoms with Crippen molar-refractivity contribution in [2.45, 2.75) is 12.8 Å². The first-order valence-electron chi connectivity index (χ1n) is 13.0. The molecule has 6 rings (SSSR count). The van der Waals surface area contributed by atoms with Crippen molar-refractivity contribution in [3.63, 3.8) is 0 Å². The van der Waals surface area contributed by atoms with E-state index in [-0.39, 0.29) is 12.4 Å². The minimum atomic E-state index is 0. The molecular formula is C32H31ClN4O2. The van der Waals surface area contributed by atoms with Gasteiger partial charge in [0.1, 0.15) is 11.5 Å². The minimum absolute atomic E-state index is 0. The first kappa shape index (κ1) is 26.3. The smallest absolute Gasteiger partial charge is 0.121 e. The van der Waals surface area contributed by atoms with Gasteiger partial charge in [0.15, 0.2) is 0 Å². The normalized spacial score (nSPS) is 11.0. The highest BCUT2D eigenvalue weighted by Crippen LogP contribution is 2.34. The highest BCUT2D eigenvalue weighted by molar-refractivity contribution is 6.08. The second kappa shape index (κ2) is 11.6. The molecule has 39 heavy (non-hydrogen) atoms. The molecule has 6 nitrogen and oxygen atoms in total. The second-order valence-electron chi connectivity index (χ2n) is 9.33. The molecule has 0 radical (unpaired) electrons. The van der Waals surface area contributed by atoms with E-state index in [4.69, 9.17) is 19.4 Å². The monoisotopic (exact) mass is 538 g/mol. The molecule has 0 bridgehead atoms. The molecule has 0 fully saturated rings. The number of anilines is 2. The van der Waals surface area contributed by atoms with Gasteiger partial charge >= 0.3 is 0 Å². The Hall–Kier alpha value is -4.29. The Bertz CT molecular complexity index is 1640. The minimum Gasteiger partial charge on any atom is -0.497 e. The number of hydrogen-bond donors (Lipinski definition) is 2. The predicted octanol–water partition coefficient (Wildman–Crippen LogP) is 7.83. The number of aromatic nitrogens is 2. The fraction of sp³-hybridized carbons (Fsp3) is 0.188. The van der Waals surface area contributed by atoms with Gasteiger partial charge in [-0.25, -0.2) is 9.97 Å². The van der Waals surface area contributed by atoms with Crippen LogP contribution < -0.4 is 20.1 Å². The molecule has 0 aliphatic rings. The number of unbranched alkanes of at least 4 members (excludes halogenated alkanes) is 1. The Balaban J connectivity index is 0.00000308. The van der Waals surface area contributed by atoms with Crippen molar-refractivity contribution in [2.75, 3.05) is 37.9 Å². The van der Waals surface area contributed by atoms with E-state index in [0.717, 1.165) is 92.4 Å². The number of nitrogens with one attached hydrogen (secondary N) is 2. The van der Waals surface area contributed by atoms with E-state index in [1.165, 1.54) is 0 Å². The van der Waals surface area contributed by atoms with E-state index >= 15 is 0 Å². The number of ether oxygens (including phenoxy) is 2. The molecule has 0 atom stereocenters. The van der Waals surface area contributed by atoms with Gasteiger partial charge in [0, 0.05) is 46.8 Å². The van der Waals surface area contributed by atoms with Gasteiger partial charge in [0.25, 0.3) is 0 Å². The summed E-state index contributed by atoms with van der Waals surface area (Å²) in [6.07, 6.45) is 2.05. The van der Waals surface area contributed by atoms with Crippen LogP contribution in [0, 0.1) is 0 Å². The summed E-state index contributed by atoms with van der Waals surface area (Å²) in [5.41, 5.74) is 6.07. The molecule has 4 aromatic carbocycles. The van der Waals surface area contributed by atoms with Gasteiger partial charge in [-0.2, -0.15) is 0 Å². The molecule has 0 spiro atoms. The highest BCUT2D eigenvalue weighted by atomic mass is 35.5. The van der Waals surface area contributed by atoms with Gasteiger partial charge in [-0.15, -0.1) is 12.4 Å². The summed E-state index contributed by atoms with van der Waals surface area (Å²) < 4.78 is 10.8. The lowest BCUT2D eigenvalue weighted by Gasteiger charge is -2.15. The number of nitrogens with zero attached hydrogens (tertiary/aromatic N) is 2. The molecular weight excluding hydrogens is 508 g/mol. The van der Waals surface area contributed by atoms with E-state index in [1.54, 1.807) is 14.2 Å². The van der Waals surface area contributed by atoms with Crippen molar-refractivity contribution in [2.24, 2.45) is 0 Å². The summed E-state index contributed by atoms with van der Waals surface area (Å²) in [6.45, 7) is 1.73. The van der Waals surface area contributed by atoms with Crippen LogP contribution in [0.1, 0.15) is 12.8 Å². The largest absolute Gasteiger partial charge is 0.497 e. The molecule has 2 N–H and O–H groups in total. The SMILES string of the molecule is COc1ccc2c(NCCCCNc3c4ccccc4nc4cc(OC)ccc34)c3ccccc3nc2c1.Cl. The van der Waals surface area contributed by atoms with E-state index in [2.05, 4.69) is 59.2 Å². The maximum atomic E-state index is 5.42. The van der Waals surface area contributed by atoms with E-state index in [0.29, 0.717) is 0 Å². The number of fused-ring (bicyclic) bond motifs is 4. The molecule has 6 aromatic rings. The summed E-state index contributed by atoms with van der Waals surface area (Å²) in [5.74, 6) is 1.62. The van der Waals surface area contributed by atoms with Crippen molar-refractivity contribution in [1.29, 1.82) is 0 Å². The Morgan fingerprint density at radius 2 is 0.949 bits per heavy atom. The van der Waals surface area contributed by atoms with Crippen LogP contribution in [-0.4, -0.2) is 37.3 Å². The molecule has 2 heterocycles. The molecule has 0 aliphatic heterocycles. The maximum Gasteiger partial charge on any atom is 0.121 e. The molecule has 0 saturated heterocycles. The molecule has 0 aliphatic carbocycles. The second-order valence-corrected chi connectivity index (χ2v) is 9.33. The summed E-state index contributed by atoms with van der Waals surface area (Å²) >= 11 is 0. The van der Waals surface area contributed by atoms with E-state index in [9.17, 15) is 0 Å². The molecule has 0 amide bonds. The van der Waals surface area contributed by atoms with Crippen molar-refractivity contribution in [3.05, 3.63) is 84.9 Å². The Kier molecular flexibility index (Phi) is 7.84. The Morgan fingerprint density at radius 3 is 1.38 bits per heavy atom. The summed E-state index contributed by atoms with van der Waals surface area (Å²) in [6, 6.07) is 28.7. The number of benzene rings is 4. The van der Waals surface area contributed by atoms with Crippen LogP contribution in [0.15, 0.2) is 84.9 Å². The Labute approximate surface area is 233 Å². The number of hydrogen-bond acceptors (Lipinski definition) is 6. The zero-order valence-electron chi connectivity index (χ0n) is 22.0. The van der Waals surface area contributed by atoms with Gasteiger partial charge in [0.2, 0.25) is 0 Å². The molecule has 2 aromatic heterocycles. The van der Waals surface area contributed by atoms with Crippen LogP contribution in [0.4, 0.5) is 11.4 Å². The molecule has 198 valence electrons. The lowest BCUT2D eigenvalue weighted by Crippen LogP contribution is -2.08. The van der Waals surface area contributed by atoms with Gasteiger partial charge in [0.05, 0.1) is 47.7 Å². The fourth-order valence-corrected chi connectivity index (χ4v) is 5.06. The number of rotatable bonds is 9. The van der Waals surface area contributed by atoms with Gasteiger partial charge in [-0.1, -0.05) is 36.4 Å². The third-order valence-electron chi connectivity index (χ3n) is 6.98. The van der Waals surface area contributed by atoms with Gasteiger partial charge < -0.3 is 20.1 Å². The zero-order valence-corrected chi connectivity index (χ0v) is 22.8. The molecule has 0 saturated carbocycles. The number of methoxy groups -OCH3 is 2. The van der Waals surface area contributed by atoms with Crippen LogP contribution in [0.25, 0.3) is 43.6 Å². The highest BCUT2D eigenvalue weighted by Gasteiger charge is 2.11. The molecule has 7 heteroatoms. The van der Waals surface area contributed by atoms with Crippen LogP contribution >= 0.6 is 12.4 Å². The third kappa shape index (κ3) is 5.20. The number of pyridine rings is 2. The van der Waals surface area contributed by atoms with Crippen LogP contribution in [0.2, 0.25) is 0 Å².